The Balaban J connectivity index is 1.87. The summed E-state index contributed by atoms with van der Waals surface area (Å²) in [5.74, 6) is -0.394. The second kappa shape index (κ2) is 8.51. The molecule has 4 rings (SSSR count). The number of halogens is 3. The maximum atomic E-state index is 13.4. The number of benzene rings is 2. The molecule has 0 spiro atoms. The van der Waals surface area contributed by atoms with Crippen LogP contribution in [0.1, 0.15) is 36.6 Å². The zero-order valence-corrected chi connectivity index (χ0v) is 17.6. The average molecular weight is 444 g/mol. The van der Waals surface area contributed by atoms with Gasteiger partial charge >= 0.3 is 6.61 Å². The van der Waals surface area contributed by atoms with E-state index in [1.807, 2.05) is 50.4 Å². The summed E-state index contributed by atoms with van der Waals surface area (Å²) in [5, 5.41) is 15.0. The van der Waals surface area contributed by atoms with Gasteiger partial charge in [0.2, 0.25) is 0 Å². The van der Waals surface area contributed by atoms with Crippen molar-refractivity contribution in [3.05, 3.63) is 76.7 Å². The molecule has 31 heavy (non-hydrogen) atoms. The van der Waals surface area contributed by atoms with E-state index < -0.39 is 6.61 Å². The smallest absolute Gasteiger partial charge is 0.387 e. The predicted molar refractivity (Wildman–Crippen MR) is 116 cm³/mol. The fourth-order valence-electron chi connectivity index (χ4n) is 3.60. The van der Waals surface area contributed by atoms with Gasteiger partial charge in [0.25, 0.3) is 0 Å². The third kappa shape index (κ3) is 4.18. The van der Waals surface area contributed by atoms with Crippen LogP contribution >= 0.6 is 11.6 Å². The molecule has 0 radical (unpaired) electrons. The van der Waals surface area contributed by atoms with Gasteiger partial charge in [-0.15, -0.1) is 0 Å². The summed E-state index contributed by atoms with van der Waals surface area (Å²) >= 11 is 6.27. The second-order valence-electron chi connectivity index (χ2n) is 7.42. The van der Waals surface area contributed by atoms with Crippen molar-refractivity contribution in [2.75, 3.05) is 0 Å². The van der Waals surface area contributed by atoms with Gasteiger partial charge in [-0.05, 0) is 41.8 Å². The molecule has 5 nitrogen and oxygen atoms in total. The van der Waals surface area contributed by atoms with Crippen LogP contribution in [0.2, 0.25) is 5.02 Å². The first-order chi connectivity index (χ1) is 14.8. The van der Waals surface area contributed by atoms with Crippen molar-refractivity contribution < 1.29 is 18.6 Å². The molecule has 0 unspecified atom stereocenters. The Morgan fingerprint density at radius 3 is 2.48 bits per heavy atom. The highest BCUT2D eigenvalue weighted by atomic mass is 35.5. The average Bonchev–Trinajstić information content (AvgIpc) is 3.26. The number of aromatic hydroxyl groups is 1. The van der Waals surface area contributed by atoms with E-state index in [1.165, 1.54) is 12.1 Å². The second-order valence-corrected chi connectivity index (χ2v) is 7.83. The molecule has 0 aliphatic heterocycles. The lowest BCUT2D eigenvalue weighted by Gasteiger charge is -2.20. The summed E-state index contributed by atoms with van der Waals surface area (Å²) in [5.41, 5.74) is 3.07. The molecule has 160 valence electrons. The number of pyridine rings is 1. The maximum absolute atomic E-state index is 13.4. The Morgan fingerprint density at radius 2 is 1.87 bits per heavy atom. The predicted octanol–water partition coefficient (Wildman–Crippen LogP) is 6.10. The quantitative estimate of drug-likeness (QED) is 0.391. The first kappa shape index (κ1) is 21.1. The number of alkyl halides is 2. The highest BCUT2D eigenvalue weighted by Gasteiger charge is 2.24. The first-order valence-corrected chi connectivity index (χ1v) is 10.1. The van der Waals surface area contributed by atoms with E-state index in [4.69, 9.17) is 16.3 Å². The monoisotopic (exact) mass is 443 g/mol. The van der Waals surface area contributed by atoms with Crippen LogP contribution in [0.25, 0.3) is 16.6 Å². The number of ether oxygens (including phenoxy) is 1. The zero-order chi connectivity index (χ0) is 22.1. The number of rotatable bonds is 6. The van der Waals surface area contributed by atoms with Crippen molar-refractivity contribution in [1.82, 2.24) is 14.8 Å². The summed E-state index contributed by atoms with van der Waals surface area (Å²) < 4.78 is 33.4. The van der Waals surface area contributed by atoms with Gasteiger partial charge in [-0.25, -0.2) is 4.68 Å². The van der Waals surface area contributed by atoms with Crippen LogP contribution in [0.5, 0.6) is 11.5 Å². The molecule has 2 heterocycles. The summed E-state index contributed by atoms with van der Waals surface area (Å²) in [4.78, 5) is 4.63. The van der Waals surface area contributed by atoms with Gasteiger partial charge in [0.05, 0.1) is 27.3 Å². The van der Waals surface area contributed by atoms with E-state index in [-0.39, 0.29) is 33.3 Å². The Bertz CT molecular complexity index is 1210. The Hall–Kier alpha value is -3.19. The van der Waals surface area contributed by atoms with Gasteiger partial charge in [0.15, 0.2) is 0 Å². The first-order valence-electron chi connectivity index (χ1n) is 9.73. The number of aromatic nitrogens is 3. The van der Waals surface area contributed by atoms with Crippen molar-refractivity contribution in [1.29, 1.82) is 0 Å². The molecule has 0 aliphatic rings. The molecule has 0 aliphatic carbocycles. The molecule has 0 saturated heterocycles. The molecule has 0 atom stereocenters. The van der Waals surface area contributed by atoms with Crippen molar-refractivity contribution in [2.45, 2.75) is 32.8 Å². The number of hydrogen-bond acceptors (Lipinski definition) is 4. The van der Waals surface area contributed by atoms with Gasteiger partial charge in [0, 0.05) is 24.4 Å². The van der Waals surface area contributed by atoms with Gasteiger partial charge in [-0.2, -0.15) is 13.9 Å². The lowest BCUT2D eigenvalue weighted by atomic mass is 9.94. The molecule has 4 aromatic rings. The Labute approximate surface area is 182 Å². The summed E-state index contributed by atoms with van der Waals surface area (Å²) in [6, 6.07) is 12.2. The number of nitrogens with zero attached hydrogens (tertiary/aromatic N) is 3. The standard InChI is InChI=1S/C23H20ClF2N3O2/c1-13(2)20-16(12-14-4-6-15(7-5-14)29-11-3-10-27-29)22(31-23(25)26)19-18(30)9-8-17(24)21(19)28-20/h3-11,13,23,30H,12H2,1-2H3. The van der Waals surface area contributed by atoms with Crippen LogP contribution in [0.4, 0.5) is 8.78 Å². The lowest BCUT2D eigenvalue weighted by molar-refractivity contribution is -0.0494. The van der Waals surface area contributed by atoms with Crippen molar-refractivity contribution in [3.8, 4) is 17.2 Å². The summed E-state index contributed by atoms with van der Waals surface area (Å²) in [6.45, 7) is 0.771. The molecule has 0 bridgehead atoms. The van der Waals surface area contributed by atoms with E-state index >= 15 is 0 Å². The van der Waals surface area contributed by atoms with Gasteiger partial charge in [0.1, 0.15) is 11.5 Å². The number of fused-ring (bicyclic) bond motifs is 1. The van der Waals surface area contributed by atoms with Gasteiger partial charge in [-0.3, -0.25) is 4.98 Å². The van der Waals surface area contributed by atoms with E-state index in [1.54, 1.807) is 10.9 Å². The van der Waals surface area contributed by atoms with Crippen molar-refractivity contribution in [3.63, 3.8) is 0 Å². The lowest BCUT2D eigenvalue weighted by Crippen LogP contribution is -2.10. The van der Waals surface area contributed by atoms with Crippen LogP contribution in [0.15, 0.2) is 54.9 Å². The van der Waals surface area contributed by atoms with E-state index in [0.29, 0.717) is 17.7 Å². The zero-order valence-electron chi connectivity index (χ0n) is 16.9. The normalized spacial score (nSPS) is 11.6. The van der Waals surface area contributed by atoms with E-state index in [0.717, 1.165) is 11.3 Å². The fourth-order valence-corrected chi connectivity index (χ4v) is 3.80. The highest BCUT2D eigenvalue weighted by molar-refractivity contribution is 6.35. The SMILES string of the molecule is CC(C)c1nc2c(Cl)ccc(O)c2c(OC(F)F)c1Cc1ccc(-n2cccn2)cc1. The number of phenols is 1. The third-order valence-electron chi connectivity index (χ3n) is 4.99. The highest BCUT2D eigenvalue weighted by Crippen LogP contribution is 2.42. The number of phenolic OH excluding ortho intramolecular Hbond substituents is 1. The minimum Gasteiger partial charge on any atom is -0.507 e. The largest absolute Gasteiger partial charge is 0.507 e. The van der Waals surface area contributed by atoms with Gasteiger partial charge < -0.3 is 9.84 Å². The van der Waals surface area contributed by atoms with Crippen LogP contribution in [-0.4, -0.2) is 26.5 Å². The Morgan fingerprint density at radius 1 is 1.13 bits per heavy atom. The summed E-state index contributed by atoms with van der Waals surface area (Å²) in [7, 11) is 0. The van der Waals surface area contributed by atoms with Crippen LogP contribution in [-0.2, 0) is 6.42 Å². The number of hydrogen-bond donors (Lipinski definition) is 1. The minimum absolute atomic E-state index is 0.0822. The molecule has 2 aromatic carbocycles. The molecule has 1 N–H and O–H groups in total. The topological polar surface area (TPSA) is 60.2 Å². The van der Waals surface area contributed by atoms with Crippen LogP contribution in [0, 0.1) is 0 Å². The molecule has 0 amide bonds. The molecule has 2 aromatic heterocycles. The third-order valence-corrected chi connectivity index (χ3v) is 5.29. The van der Waals surface area contributed by atoms with Crippen molar-refractivity contribution in [2.24, 2.45) is 0 Å². The summed E-state index contributed by atoms with van der Waals surface area (Å²) in [6.07, 6.45) is 3.82. The fraction of sp³-hybridized carbons (Fsp3) is 0.217. The molecule has 8 heteroatoms. The molecule has 0 saturated carbocycles. The van der Waals surface area contributed by atoms with E-state index in [2.05, 4.69) is 10.1 Å². The van der Waals surface area contributed by atoms with Gasteiger partial charge in [-0.1, -0.05) is 37.6 Å². The maximum Gasteiger partial charge on any atom is 0.387 e. The van der Waals surface area contributed by atoms with Crippen molar-refractivity contribution >= 4 is 22.5 Å². The molecule has 0 fully saturated rings. The van der Waals surface area contributed by atoms with Crippen LogP contribution < -0.4 is 4.74 Å². The Kier molecular flexibility index (Phi) is 5.78. The van der Waals surface area contributed by atoms with E-state index in [9.17, 15) is 13.9 Å². The van der Waals surface area contributed by atoms with Crippen LogP contribution in [0.3, 0.4) is 0 Å². The minimum atomic E-state index is -3.06. The molecular weight excluding hydrogens is 424 g/mol. The molecular formula is C23H20ClF2N3O2.